The Balaban J connectivity index is 1.87. The molecule has 0 heterocycles. The lowest BCUT2D eigenvalue weighted by Gasteiger charge is -2.27. The monoisotopic (exact) mass is 588 g/mol. The summed E-state index contributed by atoms with van der Waals surface area (Å²) in [7, 11) is -3.21. The van der Waals surface area contributed by atoms with Gasteiger partial charge in [-0.3, -0.25) is 4.79 Å². The minimum Gasteiger partial charge on any atom is -0.548 e. The van der Waals surface area contributed by atoms with Crippen molar-refractivity contribution in [3.05, 3.63) is 59.2 Å². The summed E-state index contributed by atoms with van der Waals surface area (Å²) in [6.45, 7) is 3.84. The number of ether oxygens (including phenoxy) is 1. The topological polar surface area (TPSA) is 113 Å². The highest BCUT2D eigenvalue weighted by atomic mass is 32.2. The molecule has 0 unspecified atom stereocenters. The van der Waals surface area contributed by atoms with Crippen LogP contribution in [-0.2, 0) is 26.0 Å². The van der Waals surface area contributed by atoms with Gasteiger partial charge in [0.05, 0.1) is 30.5 Å². The number of sulfone groups is 1. The fourth-order valence-corrected chi connectivity index (χ4v) is 6.80. The van der Waals surface area contributed by atoms with Crippen molar-refractivity contribution in [3.8, 4) is 11.1 Å². The smallest absolute Gasteiger partial charge is 0.252 e. The Labute approximate surface area is 243 Å². The van der Waals surface area contributed by atoms with E-state index in [0.29, 0.717) is 22.8 Å². The van der Waals surface area contributed by atoms with Crippen LogP contribution in [-0.4, -0.2) is 56.0 Å². The molecule has 1 N–H and O–H groups in total. The number of carbonyl (C=O) groups is 2. The average Bonchev–Trinajstić information content (AvgIpc) is 2.94. The first-order valence-corrected chi connectivity index (χ1v) is 17.4. The minimum absolute atomic E-state index is 0.00575. The maximum Gasteiger partial charge on any atom is 0.252 e. The van der Waals surface area contributed by atoms with Gasteiger partial charge in [0.2, 0.25) is 0 Å². The van der Waals surface area contributed by atoms with Crippen molar-refractivity contribution < 1.29 is 27.9 Å². The van der Waals surface area contributed by atoms with E-state index in [9.17, 15) is 23.1 Å². The summed E-state index contributed by atoms with van der Waals surface area (Å²) >= 11 is 1.50. The van der Waals surface area contributed by atoms with Crippen LogP contribution < -0.4 is 10.4 Å². The van der Waals surface area contributed by atoms with Gasteiger partial charge in [0.15, 0.2) is 9.84 Å². The van der Waals surface area contributed by atoms with Gasteiger partial charge in [-0.05, 0) is 72.1 Å². The van der Waals surface area contributed by atoms with E-state index in [1.807, 2.05) is 43.5 Å². The third-order valence-electron chi connectivity index (χ3n) is 7.65. The van der Waals surface area contributed by atoms with Gasteiger partial charge in [0.25, 0.3) is 5.91 Å². The summed E-state index contributed by atoms with van der Waals surface area (Å²) in [5, 5.41) is 14.3. The number of carboxylic acid groups (broad SMARTS) is 1. The average molecular weight is 589 g/mol. The second-order valence-electron chi connectivity index (χ2n) is 10.7. The van der Waals surface area contributed by atoms with Crippen LogP contribution in [0.1, 0.15) is 73.4 Å². The highest BCUT2D eigenvalue weighted by Crippen LogP contribution is 2.31. The SMILES string of the molecule is CCS(=O)(=O)C[C@H](CC1CCCCC1)OCc1ccc(C(=O)N[C@@H](CCSC)C(=O)[O-])c(-c2ccccc2C)c1. The molecule has 0 bridgehead atoms. The predicted molar refractivity (Wildman–Crippen MR) is 160 cm³/mol. The van der Waals surface area contributed by atoms with E-state index in [4.69, 9.17) is 4.74 Å². The summed E-state index contributed by atoms with van der Waals surface area (Å²) in [6.07, 6.45) is 8.29. The Hall–Kier alpha value is -2.36. The number of amides is 1. The van der Waals surface area contributed by atoms with Gasteiger partial charge in [-0.25, -0.2) is 8.42 Å². The van der Waals surface area contributed by atoms with Crippen molar-refractivity contribution in [2.45, 2.75) is 77.5 Å². The number of hydrogen-bond acceptors (Lipinski definition) is 7. The first-order chi connectivity index (χ1) is 19.1. The van der Waals surface area contributed by atoms with Crippen molar-refractivity contribution in [2.24, 2.45) is 5.92 Å². The lowest BCUT2D eigenvalue weighted by atomic mass is 9.85. The van der Waals surface area contributed by atoms with Crippen LogP contribution in [0.25, 0.3) is 11.1 Å². The maximum absolute atomic E-state index is 13.3. The maximum atomic E-state index is 13.3. The fraction of sp³-hybridized carbons (Fsp3) is 0.548. The molecule has 2 aromatic rings. The molecular weight excluding hydrogens is 546 g/mol. The molecule has 1 amide bonds. The van der Waals surface area contributed by atoms with E-state index in [1.165, 1.54) is 31.0 Å². The van der Waals surface area contributed by atoms with Crippen LogP contribution in [0.2, 0.25) is 0 Å². The molecule has 0 saturated heterocycles. The summed E-state index contributed by atoms with van der Waals surface area (Å²) in [5.41, 5.74) is 3.68. The van der Waals surface area contributed by atoms with Crippen LogP contribution in [0.15, 0.2) is 42.5 Å². The highest BCUT2D eigenvalue weighted by Gasteiger charge is 2.25. The first kappa shape index (κ1) is 32.2. The number of thioether (sulfide) groups is 1. The zero-order chi connectivity index (χ0) is 29.1. The summed E-state index contributed by atoms with van der Waals surface area (Å²) in [5.74, 6) is -0.646. The van der Waals surface area contributed by atoms with E-state index in [1.54, 1.807) is 19.1 Å². The Kier molecular flexibility index (Phi) is 12.5. The molecule has 0 radical (unpaired) electrons. The molecule has 0 aromatic heterocycles. The second kappa shape index (κ2) is 15.6. The second-order valence-corrected chi connectivity index (χ2v) is 14.1. The molecule has 3 rings (SSSR count). The number of nitrogens with one attached hydrogen (secondary N) is 1. The van der Waals surface area contributed by atoms with Crippen molar-refractivity contribution in [2.75, 3.05) is 23.5 Å². The Morgan fingerprint density at radius 2 is 1.82 bits per heavy atom. The van der Waals surface area contributed by atoms with Crippen LogP contribution in [0, 0.1) is 12.8 Å². The van der Waals surface area contributed by atoms with Gasteiger partial charge in [-0.1, -0.05) is 69.4 Å². The van der Waals surface area contributed by atoms with Crippen molar-refractivity contribution in [1.82, 2.24) is 5.32 Å². The lowest BCUT2D eigenvalue weighted by Crippen LogP contribution is -2.48. The summed E-state index contributed by atoms with van der Waals surface area (Å²) in [4.78, 5) is 25.0. The molecule has 1 aliphatic carbocycles. The molecule has 1 aliphatic rings. The van der Waals surface area contributed by atoms with E-state index >= 15 is 0 Å². The normalized spacial score (nSPS) is 15.9. The van der Waals surface area contributed by atoms with Crippen LogP contribution >= 0.6 is 11.8 Å². The number of benzene rings is 2. The number of aryl methyl sites for hydroxylation is 1. The molecule has 0 aliphatic heterocycles. The lowest BCUT2D eigenvalue weighted by molar-refractivity contribution is -0.308. The van der Waals surface area contributed by atoms with E-state index in [-0.39, 0.29) is 24.5 Å². The van der Waals surface area contributed by atoms with Crippen molar-refractivity contribution >= 4 is 33.5 Å². The molecule has 1 saturated carbocycles. The number of aliphatic carboxylic acids is 1. The molecule has 40 heavy (non-hydrogen) atoms. The van der Waals surface area contributed by atoms with Gasteiger partial charge in [0.1, 0.15) is 0 Å². The number of hydrogen-bond donors (Lipinski definition) is 1. The minimum atomic E-state index is -3.21. The predicted octanol–water partition coefficient (Wildman–Crippen LogP) is 4.55. The quantitative estimate of drug-likeness (QED) is 0.325. The molecule has 2 aromatic carbocycles. The zero-order valence-electron chi connectivity index (χ0n) is 23.8. The molecular formula is C31H42NO6S2-. The molecule has 0 spiro atoms. The molecule has 2 atom stereocenters. The molecule has 220 valence electrons. The first-order valence-electron chi connectivity index (χ1n) is 14.1. The van der Waals surface area contributed by atoms with E-state index < -0.39 is 33.9 Å². The van der Waals surface area contributed by atoms with Gasteiger partial charge in [0, 0.05) is 11.3 Å². The number of carbonyl (C=O) groups excluding carboxylic acids is 2. The highest BCUT2D eigenvalue weighted by molar-refractivity contribution is 7.98. The van der Waals surface area contributed by atoms with Crippen molar-refractivity contribution in [3.63, 3.8) is 0 Å². The van der Waals surface area contributed by atoms with Crippen LogP contribution in [0.3, 0.4) is 0 Å². The van der Waals surface area contributed by atoms with Gasteiger partial charge >= 0.3 is 0 Å². The Morgan fingerprint density at radius 1 is 1.10 bits per heavy atom. The number of rotatable bonds is 15. The summed E-state index contributed by atoms with van der Waals surface area (Å²) < 4.78 is 31.2. The number of carboxylic acids is 1. The molecule has 1 fully saturated rings. The largest absolute Gasteiger partial charge is 0.548 e. The third-order valence-corrected chi connectivity index (χ3v) is 10.1. The van der Waals surface area contributed by atoms with Crippen LogP contribution in [0.5, 0.6) is 0 Å². The molecule has 9 heteroatoms. The van der Waals surface area contributed by atoms with Crippen molar-refractivity contribution in [1.29, 1.82) is 0 Å². The van der Waals surface area contributed by atoms with Gasteiger partial charge in [-0.2, -0.15) is 11.8 Å². The Morgan fingerprint density at radius 3 is 2.48 bits per heavy atom. The zero-order valence-corrected chi connectivity index (χ0v) is 25.5. The van der Waals surface area contributed by atoms with E-state index in [0.717, 1.165) is 36.0 Å². The van der Waals surface area contributed by atoms with Gasteiger partial charge in [-0.15, -0.1) is 0 Å². The third kappa shape index (κ3) is 9.63. The Bertz CT molecular complexity index is 1240. The van der Waals surface area contributed by atoms with E-state index in [2.05, 4.69) is 5.32 Å². The standard InChI is InChI=1S/C31H43NO6S2/c1-4-40(36,37)21-25(18-23-11-6-5-7-12-23)38-20-24-14-15-27(28(19-24)26-13-9-8-10-22(26)2)30(33)32-29(31(34)35)16-17-39-3/h8-10,13-15,19,23,25,29H,4-7,11-12,16-18,20-21H2,1-3H3,(H,32,33)(H,34,35)/p-1/t25-,29-/m0/s1. The fourth-order valence-electron chi connectivity index (χ4n) is 5.29. The summed E-state index contributed by atoms with van der Waals surface area (Å²) in [6, 6.07) is 12.0. The van der Waals surface area contributed by atoms with Crippen LogP contribution in [0.4, 0.5) is 0 Å². The molecule has 7 nitrogen and oxygen atoms in total. The van der Waals surface area contributed by atoms with Gasteiger partial charge < -0.3 is 20.0 Å².